The molecule has 0 bridgehead atoms. The zero-order valence-electron chi connectivity index (χ0n) is 15.1. The minimum absolute atomic E-state index is 0.114. The summed E-state index contributed by atoms with van der Waals surface area (Å²) in [7, 11) is 0. The third-order valence-corrected chi connectivity index (χ3v) is 4.87. The van der Waals surface area contributed by atoms with E-state index in [4.69, 9.17) is 27.9 Å². The van der Waals surface area contributed by atoms with Crippen LogP contribution in [0.2, 0.25) is 10.0 Å². The van der Waals surface area contributed by atoms with E-state index in [0.717, 1.165) is 5.56 Å². The number of nitrogens with one attached hydrogen (secondary N) is 1. The van der Waals surface area contributed by atoms with Crippen LogP contribution in [0.3, 0.4) is 0 Å². The summed E-state index contributed by atoms with van der Waals surface area (Å²) in [5, 5.41) is 13.8. The predicted molar refractivity (Wildman–Crippen MR) is 101 cm³/mol. The van der Waals surface area contributed by atoms with E-state index in [1.165, 1.54) is 4.90 Å². The SMILES string of the molecule is CC(C)(C)OC(=O)N1CC[C@@H](NCc2ccc(Cl)c(Cl)c2)[C@@H](C(=O)O)C1. The molecule has 1 heterocycles. The Kier molecular flexibility index (Phi) is 6.77. The Bertz CT molecular complexity index is 676. The van der Waals surface area contributed by atoms with Gasteiger partial charge in [-0.2, -0.15) is 0 Å². The number of hydrogen-bond donors (Lipinski definition) is 2. The van der Waals surface area contributed by atoms with Crippen molar-refractivity contribution in [3.05, 3.63) is 33.8 Å². The van der Waals surface area contributed by atoms with Crippen molar-refractivity contribution in [3.8, 4) is 0 Å². The molecular formula is C18H24Cl2N2O4. The molecule has 2 atom stereocenters. The fraction of sp³-hybridized carbons (Fsp3) is 0.556. The van der Waals surface area contributed by atoms with Crippen molar-refractivity contribution in [2.75, 3.05) is 13.1 Å². The number of aliphatic carboxylic acids is 1. The molecule has 1 aromatic rings. The third kappa shape index (κ3) is 5.76. The van der Waals surface area contributed by atoms with Gasteiger partial charge in [-0.3, -0.25) is 4.79 Å². The van der Waals surface area contributed by atoms with Crippen molar-refractivity contribution in [3.63, 3.8) is 0 Å². The number of nitrogens with zero attached hydrogens (tertiary/aromatic N) is 1. The number of carboxylic acids is 1. The number of carbonyl (C=O) groups excluding carboxylic acids is 1. The Hall–Kier alpha value is -1.50. The summed E-state index contributed by atoms with van der Waals surface area (Å²) >= 11 is 11.9. The quantitative estimate of drug-likeness (QED) is 0.800. The van der Waals surface area contributed by atoms with E-state index in [1.807, 2.05) is 6.07 Å². The molecule has 0 aromatic heterocycles. The minimum atomic E-state index is -0.940. The van der Waals surface area contributed by atoms with Crippen LogP contribution in [-0.2, 0) is 16.1 Å². The lowest BCUT2D eigenvalue weighted by atomic mass is 9.92. The van der Waals surface area contributed by atoms with Gasteiger partial charge in [0.05, 0.1) is 16.0 Å². The largest absolute Gasteiger partial charge is 0.481 e. The Morgan fingerprint density at radius 2 is 2.00 bits per heavy atom. The van der Waals surface area contributed by atoms with E-state index in [-0.39, 0.29) is 12.6 Å². The zero-order valence-corrected chi connectivity index (χ0v) is 16.6. The number of ether oxygens (including phenoxy) is 1. The molecule has 2 N–H and O–H groups in total. The highest BCUT2D eigenvalue weighted by Crippen LogP contribution is 2.24. The number of amides is 1. The summed E-state index contributed by atoms with van der Waals surface area (Å²) in [4.78, 5) is 25.3. The molecule has 1 aliphatic rings. The van der Waals surface area contributed by atoms with Crippen LogP contribution >= 0.6 is 23.2 Å². The first kappa shape index (κ1) is 20.8. The Balaban J connectivity index is 1.98. The van der Waals surface area contributed by atoms with Crippen LogP contribution < -0.4 is 5.32 Å². The first-order chi connectivity index (χ1) is 12.1. The molecule has 0 spiro atoms. The maximum absolute atomic E-state index is 12.2. The number of rotatable bonds is 4. The standard InChI is InChI=1S/C18H24Cl2N2O4/c1-18(2,3)26-17(25)22-7-6-15(12(10-22)16(23)24)21-9-11-4-5-13(19)14(20)8-11/h4-5,8,12,15,21H,6-7,9-10H2,1-3H3,(H,23,24)/t12-,15+/m0/s1. The highest BCUT2D eigenvalue weighted by molar-refractivity contribution is 6.42. The van der Waals surface area contributed by atoms with Gasteiger partial charge < -0.3 is 20.1 Å². The smallest absolute Gasteiger partial charge is 0.410 e. The summed E-state index contributed by atoms with van der Waals surface area (Å²) in [5.41, 5.74) is 0.303. The predicted octanol–water partition coefficient (Wildman–Crippen LogP) is 3.79. The van der Waals surface area contributed by atoms with Crippen LogP contribution in [0.15, 0.2) is 18.2 Å². The molecule has 1 fully saturated rings. The van der Waals surface area contributed by atoms with Gasteiger partial charge in [0.2, 0.25) is 0 Å². The minimum Gasteiger partial charge on any atom is -0.481 e. The molecule has 2 rings (SSSR count). The zero-order chi connectivity index (χ0) is 19.5. The fourth-order valence-electron chi connectivity index (χ4n) is 2.84. The second kappa shape index (κ2) is 8.46. The van der Waals surface area contributed by atoms with Crippen LogP contribution in [0, 0.1) is 5.92 Å². The van der Waals surface area contributed by atoms with E-state index < -0.39 is 23.6 Å². The van der Waals surface area contributed by atoms with Gasteiger partial charge in [0.1, 0.15) is 5.60 Å². The second-order valence-electron chi connectivity index (χ2n) is 7.40. The van der Waals surface area contributed by atoms with Gasteiger partial charge in [-0.1, -0.05) is 29.3 Å². The Morgan fingerprint density at radius 1 is 1.31 bits per heavy atom. The average molecular weight is 403 g/mol. The summed E-state index contributed by atoms with van der Waals surface area (Å²) in [6, 6.07) is 5.05. The van der Waals surface area contributed by atoms with Crippen molar-refractivity contribution in [2.45, 2.75) is 45.4 Å². The molecule has 0 saturated carbocycles. The molecule has 6 nitrogen and oxygen atoms in total. The molecule has 1 aliphatic heterocycles. The number of carbonyl (C=O) groups is 2. The Morgan fingerprint density at radius 3 is 2.58 bits per heavy atom. The summed E-state index contributed by atoms with van der Waals surface area (Å²) in [6.45, 7) is 6.38. The molecule has 1 amide bonds. The highest BCUT2D eigenvalue weighted by atomic mass is 35.5. The molecule has 1 saturated heterocycles. The molecule has 0 radical (unpaired) electrons. The topological polar surface area (TPSA) is 78.9 Å². The van der Waals surface area contributed by atoms with E-state index >= 15 is 0 Å². The van der Waals surface area contributed by atoms with Crippen molar-refractivity contribution in [1.82, 2.24) is 10.2 Å². The van der Waals surface area contributed by atoms with E-state index in [2.05, 4.69) is 5.32 Å². The van der Waals surface area contributed by atoms with Gasteiger partial charge in [-0.15, -0.1) is 0 Å². The van der Waals surface area contributed by atoms with Crippen LogP contribution in [0.1, 0.15) is 32.8 Å². The fourth-order valence-corrected chi connectivity index (χ4v) is 3.16. The molecule has 8 heteroatoms. The van der Waals surface area contributed by atoms with Crippen LogP contribution in [0.4, 0.5) is 4.79 Å². The summed E-state index contributed by atoms with van der Waals surface area (Å²) in [5.74, 6) is -1.65. The number of likely N-dealkylation sites (tertiary alicyclic amines) is 1. The molecule has 144 valence electrons. The van der Waals surface area contributed by atoms with Crippen molar-refractivity contribution in [1.29, 1.82) is 0 Å². The first-order valence-electron chi connectivity index (χ1n) is 8.45. The van der Waals surface area contributed by atoms with Crippen molar-refractivity contribution < 1.29 is 19.4 Å². The van der Waals surface area contributed by atoms with Crippen LogP contribution in [-0.4, -0.2) is 46.8 Å². The summed E-state index contributed by atoms with van der Waals surface area (Å²) < 4.78 is 5.34. The molecule has 26 heavy (non-hydrogen) atoms. The lowest BCUT2D eigenvalue weighted by molar-refractivity contribution is -0.144. The lowest BCUT2D eigenvalue weighted by Crippen LogP contribution is -2.54. The number of benzene rings is 1. The maximum Gasteiger partial charge on any atom is 0.410 e. The lowest BCUT2D eigenvalue weighted by Gasteiger charge is -2.37. The van der Waals surface area contributed by atoms with Gasteiger partial charge in [0, 0.05) is 25.7 Å². The second-order valence-corrected chi connectivity index (χ2v) is 8.21. The van der Waals surface area contributed by atoms with Gasteiger partial charge in [0.15, 0.2) is 0 Å². The van der Waals surface area contributed by atoms with Crippen molar-refractivity contribution in [2.24, 2.45) is 5.92 Å². The van der Waals surface area contributed by atoms with Gasteiger partial charge >= 0.3 is 12.1 Å². The molecule has 1 aromatic carbocycles. The van der Waals surface area contributed by atoms with E-state index in [0.29, 0.717) is 29.6 Å². The first-order valence-corrected chi connectivity index (χ1v) is 9.20. The van der Waals surface area contributed by atoms with Gasteiger partial charge in [0.25, 0.3) is 0 Å². The Labute approximate surface area is 163 Å². The molecule has 0 unspecified atom stereocenters. The van der Waals surface area contributed by atoms with E-state index in [1.54, 1.807) is 32.9 Å². The van der Waals surface area contributed by atoms with Gasteiger partial charge in [-0.05, 0) is 44.9 Å². The molecule has 0 aliphatic carbocycles. The average Bonchev–Trinajstić information content (AvgIpc) is 2.54. The summed E-state index contributed by atoms with van der Waals surface area (Å²) in [6.07, 6.45) is 0.0454. The van der Waals surface area contributed by atoms with Crippen molar-refractivity contribution >= 4 is 35.3 Å². The van der Waals surface area contributed by atoms with Crippen LogP contribution in [0.5, 0.6) is 0 Å². The number of piperidine rings is 1. The van der Waals surface area contributed by atoms with Gasteiger partial charge in [-0.25, -0.2) is 4.79 Å². The normalized spacial score (nSPS) is 20.7. The molecular weight excluding hydrogens is 379 g/mol. The number of hydrogen-bond acceptors (Lipinski definition) is 4. The van der Waals surface area contributed by atoms with Crippen LogP contribution in [0.25, 0.3) is 0 Å². The van der Waals surface area contributed by atoms with E-state index in [9.17, 15) is 14.7 Å². The third-order valence-electron chi connectivity index (χ3n) is 4.13. The maximum atomic E-state index is 12.2. The number of carboxylic acid groups (broad SMARTS) is 1. The monoisotopic (exact) mass is 402 g/mol. The highest BCUT2D eigenvalue weighted by Gasteiger charge is 2.37. The number of halogens is 2.